The molecule has 0 atom stereocenters. The third kappa shape index (κ3) is 3.76. The molecule has 30 heavy (non-hydrogen) atoms. The minimum Gasteiger partial charge on any atom is -0.458 e. The first-order valence-corrected chi connectivity index (χ1v) is 9.34. The number of aromatic nitrogens is 2. The predicted octanol–water partition coefficient (Wildman–Crippen LogP) is 4.84. The van der Waals surface area contributed by atoms with Gasteiger partial charge in [-0.15, -0.1) is 0 Å². The van der Waals surface area contributed by atoms with Gasteiger partial charge in [0.25, 0.3) is 0 Å². The molecule has 162 valence electrons. The molecule has 12 heteroatoms. The van der Waals surface area contributed by atoms with Gasteiger partial charge in [0.1, 0.15) is 23.3 Å². The van der Waals surface area contributed by atoms with Gasteiger partial charge < -0.3 is 14.3 Å². The number of halogens is 7. The Labute approximate surface area is 169 Å². The number of fused-ring (bicyclic) bond motifs is 3. The van der Waals surface area contributed by atoms with E-state index < -0.39 is 41.2 Å². The highest BCUT2D eigenvalue weighted by Gasteiger charge is 2.42. The minimum absolute atomic E-state index is 0.0291. The maximum absolute atomic E-state index is 13.4. The summed E-state index contributed by atoms with van der Waals surface area (Å²) >= 11 is 5.99. The number of rotatable bonds is 2. The molecule has 4 rings (SSSR count). The molecule has 1 fully saturated rings. The summed E-state index contributed by atoms with van der Waals surface area (Å²) in [4.78, 5) is 16.0. The summed E-state index contributed by atoms with van der Waals surface area (Å²) in [6, 6.07) is 2.29. The summed E-state index contributed by atoms with van der Waals surface area (Å²) in [7, 11) is 0. The lowest BCUT2D eigenvalue weighted by Crippen LogP contribution is -2.27. The molecule has 0 aliphatic carbocycles. The van der Waals surface area contributed by atoms with E-state index in [2.05, 4.69) is 10.3 Å². The standard InChI is InChI=1S/C18H14ClF6N3O2/c19-10-5-9-11(29)6-12(8-1-3-26-4-2-8)30-15(9)14-13(10)27-16(18(23,24)25)28(14)7-17(20,21)22/h5-6,8,26H,1-4,7H2. The molecule has 0 amide bonds. The Morgan fingerprint density at radius 1 is 1.17 bits per heavy atom. The van der Waals surface area contributed by atoms with Crippen LogP contribution in [0.15, 0.2) is 21.3 Å². The van der Waals surface area contributed by atoms with E-state index in [4.69, 9.17) is 16.0 Å². The average Bonchev–Trinajstić information content (AvgIpc) is 3.02. The van der Waals surface area contributed by atoms with Crippen LogP contribution in [0, 0.1) is 0 Å². The Hall–Kier alpha value is -2.27. The van der Waals surface area contributed by atoms with Crippen LogP contribution in [0.25, 0.3) is 22.0 Å². The lowest BCUT2D eigenvalue weighted by Gasteiger charge is -2.22. The highest BCUT2D eigenvalue weighted by molar-refractivity contribution is 6.36. The molecular weight excluding hydrogens is 440 g/mol. The molecule has 1 aliphatic heterocycles. The molecule has 0 unspecified atom stereocenters. The molecule has 1 saturated heterocycles. The molecule has 0 radical (unpaired) electrons. The van der Waals surface area contributed by atoms with Crippen molar-refractivity contribution in [2.24, 2.45) is 0 Å². The van der Waals surface area contributed by atoms with Crippen LogP contribution in [0.1, 0.15) is 30.3 Å². The molecule has 3 aromatic rings. The number of hydrogen-bond acceptors (Lipinski definition) is 4. The minimum atomic E-state index is -5.17. The second-order valence-corrected chi connectivity index (χ2v) is 7.51. The maximum atomic E-state index is 13.4. The first-order valence-electron chi connectivity index (χ1n) is 8.97. The van der Waals surface area contributed by atoms with Crippen LogP contribution < -0.4 is 10.7 Å². The largest absolute Gasteiger partial charge is 0.458 e. The van der Waals surface area contributed by atoms with Crippen LogP contribution in [0.2, 0.25) is 5.02 Å². The van der Waals surface area contributed by atoms with Crippen molar-refractivity contribution < 1.29 is 30.8 Å². The first kappa shape index (κ1) is 21.0. The van der Waals surface area contributed by atoms with Crippen molar-refractivity contribution in [1.82, 2.24) is 14.9 Å². The van der Waals surface area contributed by atoms with Crippen LogP contribution in [0.5, 0.6) is 0 Å². The lowest BCUT2D eigenvalue weighted by atomic mass is 9.95. The van der Waals surface area contributed by atoms with Gasteiger partial charge in [0, 0.05) is 12.0 Å². The number of imidazole rings is 1. The van der Waals surface area contributed by atoms with Gasteiger partial charge in [0.2, 0.25) is 5.82 Å². The molecule has 0 spiro atoms. The second kappa shape index (κ2) is 7.16. The summed E-state index contributed by atoms with van der Waals surface area (Å²) < 4.78 is 85.4. The van der Waals surface area contributed by atoms with Crippen molar-refractivity contribution >= 4 is 33.6 Å². The van der Waals surface area contributed by atoms with Gasteiger partial charge in [-0.1, -0.05) is 11.6 Å². The van der Waals surface area contributed by atoms with E-state index in [1.165, 1.54) is 6.07 Å². The van der Waals surface area contributed by atoms with Crippen LogP contribution in [0.4, 0.5) is 26.3 Å². The zero-order valence-electron chi connectivity index (χ0n) is 15.1. The number of nitrogens with one attached hydrogen (secondary N) is 1. The SMILES string of the molecule is O=c1cc(C2CCNCC2)oc2c1cc(Cl)c1nc(C(F)(F)F)n(CC(F)(F)F)c12. The molecule has 1 N–H and O–H groups in total. The topological polar surface area (TPSA) is 60.1 Å². The van der Waals surface area contributed by atoms with E-state index in [1.54, 1.807) is 0 Å². The van der Waals surface area contributed by atoms with Gasteiger partial charge in [-0.2, -0.15) is 26.3 Å². The van der Waals surface area contributed by atoms with E-state index in [0.717, 1.165) is 6.07 Å². The van der Waals surface area contributed by atoms with Crippen LogP contribution in [-0.4, -0.2) is 28.8 Å². The number of nitrogens with zero attached hydrogens (tertiary/aromatic N) is 2. The third-order valence-corrected chi connectivity index (χ3v) is 5.30. The van der Waals surface area contributed by atoms with Crippen molar-refractivity contribution in [2.75, 3.05) is 13.1 Å². The van der Waals surface area contributed by atoms with E-state index in [-0.39, 0.29) is 32.2 Å². The molecule has 3 heterocycles. The molecule has 1 aromatic carbocycles. The van der Waals surface area contributed by atoms with Gasteiger partial charge in [0.15, 0.2) is 11.0 Å². The van der Waals surface area contributed by atoms with E-state index in [0.29, 0.717) is 25.9 Å². The Morgan fingerprint density at radius 3 is 2.43 bits per heavy atom. The van der Waals surface area contributed by atoms with Crippen molar-refractivity contribution in [3.05, 3.63) is 39.0 Å². The number of benzene rings is 1. The van der Waals surface area contributed by atoms with Crippen molar-refractivity contribution in [1.29, 1.82) is 0 Å². The summed E-state index contributed by atoms with van der Waals surface area (Å²) in [5.74, 6) is -1.74. The molecule has 2 aromatic heterocycles. The van der Waals surface area contributed by atoms with Crippen LogP contribution in [0.3, 0.4) is 0 Å². The maximum Gasteiger partial charge on any atom is 0.449 e. The van der Waals surface area contributed by atoms with Crippen molar-refractivity contribution in [3.63, 3.8) is 0 Å². The fraction of sp³-hybridized carbons (Fsp3) is 0.444. The first-order chi connectivity index (χ1) is 14.0. The zero-order chi connectivity index (χ0) is 21.8. The van der Waals surface area contributed by atoms with Crippen LogP contribution >= 0.6 is 11.6 Å². The quantitative estimate of drug-likeness (QED) is 0.564. The highest BCUT2D eigenvalue weighted by atomic mass is 35.5. The monoisotopic (exact) mass is 453 g/mol. The van der Waals surface area contributed by atoms with Gasteiger partial charge in [-0.05, 0) is 32.0 Å². The third-order valence-electron chi connectivity index (χ3n) is 5.02. The number of alkyl halides is 6. The van der Waals surface area contributed by atoms with Gasteiger partial charge in [-0.3, -0.25) is 4.79 Å². The molecule has 0 bridgehead atoms. The molecule has 1 aliphatic rings. The summed E-state index contributed by atoms with van der Waals surface area (Å²) in [6.45, 7) is -0.672. The second-order valence-electron chi connectivity index (χ2n) is 7.10. The van der Waals surface area contributed by atoms with Gasteiger partial charge in [0.05, 0.1) is 10.4 Å². The summed E-state index contributed by atoms with van der Waals surface area (Å²) in [5, 5.41) is 2.55. The summed E-state index contributed by atoms with van der Waals surface area (Å²) in [5.41, 5.74) is -2.09. The molecular formula is C18H14ClF6N3O2. The summed E-state index contributed by atoms with van der Waals surface area (Å²) in [6.07, 6.45) is -8.93. The molecule has 5 nitrogen and oxygen atoms in total. The smallest absolute Gasteiger partial charge is 0.449 e. The van der Waals surface area contributed by atoms with Crippen LogP contribution in [-0.2, 0) is 12.7 Å². The van der Waals surface area contributed by atoms with Gasteiger partial charge in [-0.25, -0.2) is 4.98 Å². The number of hydrogen-bond donors (Lipinski definition) is 1. The predicted molar refractivity (Wildman–Crippen MR) is 96.7 cm³/mol. The van der Waals surface area contributed by atoms with E-state index >= 15 is 0 Å². The Morgan fingerprint density at radius 2 is 1.83 bits per heavy atom. The van der Waals surface area contributed by atoms with E-state index in [9.17, 15) is 31.1 Å². The van der Waals surface area contributed by atoms with Crippen molar-refractivity contribution in [3.8, 4) is 0 Å². The average molecular weight is 454 g/mol. The van der Waals surface area contributed by atoms with Crippen molar-refractivity contribution in [2.45, 2.75) is 37.7 Å². The lowest BCUT2D eigenvalue weighted by molar-refractivity contribution is -0.160. The Kier molecular flexibility index (Phi) is 5.00. The fourth-order valence-electron chi connectivity index (χ4n) is 3.74. The molecule has 0 saturated carbocycles. The normalized spacial score (nSPS) is 16.6. The fourth-order valence-corrected chi connectivity index (χ4v) is 3.98. The Balaban J connectivity index is 2.08. The Bertz CT molecular complexity index is 1180. The zero-order valence-corrected chi connectivity index (χ0v) is 15.9. The van der Waals surface area contributed by atoms with E-state index in [1.807, 2.05) is 0 Å². The van der Waals surface area contributed by atoms with Gasteiger partial charge >= 0.3 is 12.4 Å². The highest BCUT2D eigenvalue weighted by Crippen LogP contribution is 2.39. The number of piperidine rings is 1.